The maximum atomic E-state index is 14.5. The number of para-hydroxylation sites is 1. The minimum atomic E-state index is -0.433. The number of phenols is 1. The van der Waals surface area contributed by atoms with Gasteiger partial charge in [0.25, 0.3) is 0 Å². The number of phenolic OH excluding ortho intramolecular Hbond substituents is 1. The van der Waals surface area contributed by atoms with Crippen molar-refractivity contribution in [1.29, 1.82) is 0 Å². The average Bonchev–Trinajstić information content (AvgIpc) is 2.84. The van der Waals surface area contributed by atoms with Gasteiger partial charge in [0.05, 0.1) is 5.69 Å². The van der Waals surface area contributed by atoms with Crippen molar-refractivity contribution in [2.75, 3.05) is 0 Å². The number of hydrogen-bond acceptors (Lipinski definition) is 3. The molecule has 0 saturated carbocycles. The summed E-state index contributed by atoms with van der Waals surface area (Å²) in [6.45, 7) is 1.69. The first-order valence-electron chi connectivity index (χ1n) is 5.46. The van der Waals surface area contributed by atoms with Crippen LogP contribution in [0, 0.1) is 12.7 Å². The lowest BCUT2D eigenvalue weighted by molar-refractivity contribution is 0.479. The van der Waals surface area contributed by atoms with Crippen molar-refractivity contribution in [2.24, 2.45) is 0 Å². The van der Waals surface area contributed by atoms with Crippen molar-refractivity contribution in [1.82, 2.24) is 14.8 Å². The Morgan fingerprint density at radius 3 is 2.83 bits per heavy atom. The number of pyridine rings is 1. The Balaban J connectivity index is 2.42. The van der Waals surface area contributed by atoms with Crippen LogP contribution in [-0.4, -0.2) is 19.9 Å². The number of aromatic hydroxyl groups is 1. The second-order valence-corrected chi connectivity index (χ2v) is 3.98. The van der Waals surface area contributed by atoms with Gasteiger partial charge in [-0.1, -0.05) is 6.07 Å². The molecule has 0 radical (unpaired) electrons. The predicted octanol–water partition coefficient (Wildman–Crippen LogP) is 2.57. The lowest BCUT2D eigenvalue weighted by Gasteiger charge is -2.10. The van der Waals surface area contributed by atoms with E-state index >= 15 is 0 Å². The molecule has 0 bridgehead atoms. The molecule has 18 heavy (non-hydrogen) atoms. The Hall–Kier alpha value is -2.43. The molecule has 90 valence electrons. The summed E-state index contributed by atoms with van der Waals surface area (Å²) < 4.78 is 15.9. The van der Waals surface area contributed by atoms with Gasteiger partial charge >= 0.3 is 0 Å². The van der Waals surface area contributed by atoms with Crippen molar-refractivity contribution in [3.63, 3.8) is 0 Å². The van der Waals surface area contributed by atoms with Gasteiger partial charge in [0, 0.05) is 17.8 Å². The zero-order valence-corrected chi connectivity index (χ0v) is 9.63. The zero-order valence-electron chi connectivity index (χ0n) is 9.63. The summed E-state index contributed by atoms with van der Waals surface area (Å²) in [6, 6.07) is 6.38. The molecule has 0 amide bonds. The maximum absolute atomic E-state index is 14.5. The molecule has 1 N–H and O–H groups in total. The molecule has 3 rings (SSSR count). The Morgan fingerprint density at radius 2 is 2.11 bits per heavy atom. The molecule has 5 heteroatoms. The first-order valence-corrected chi connectivity index (χ1v) is 5.46. The number of nitrogens with zero attached hydrogens (tertiary/aromatic N) is 3. The van der Waals surface area contributed by atoms with Crippen LogP contribution in [0.4, 0.5) is 4.39 Å². The Labute approximate surface area is 102 Å². The second-order valence-electron chi connectivity index (χ2n) is 3.98. The molecule has 4 nitrogen and oxygen atoms in total. The third kappa shape index (κ3) is 1.44. The molecular formula is C13H10FN3O. The number of fused-ring (bicyclic) bond motifs is 1. The van der Waals surface area contributed by atoms with Crippen molar-refractivity contribution >= 4 is 10.9 Å². The Morgan fingerprint density at radius 1 is 1.28 bits per heavy atom. The summed E-state index contributed by atoms with van der Waals surface area (Å²) in [5.74, 6) is -0.460. The minimum Gasteiger partial charge on any atom is -0.506 e. The van der Waals surface area contributed by atoms with E-state index in [1.54, 1.807) is 37.5 Å². The average molecular weight is 243 g/mol. The Kier molecular flexibility index (Phi) is 2.26. The molecule has 2 heterocycles. The number of rotatable bonds is 1. The number of aromatic nitrogens is 3. The molecule has 3 aromatic rings. The summed E-state index contributed by atoms with van der Waals surface area (Å²) >= 11 is 0. The van der Waals surface area contributed by atoms with Gasteiger partial charge in [-0.15, -0.1) is 0 Å². The molecule has 0 aliphatic rings. The van der Waals surface area contributed by atoms with Gasteiger partial charge in [-0.25, -0.2) is 14.1 Å². The second kappa shape index (κ2) is 3.80. The third-order valence-corrected chi connectivity index (χ3v) is 2.81. The molecule has 0 unspecified atom stereocenters. The molecule has 1 aromatic carbocycles. The fourth-order valence-corrected chi connectivity index (χ4v) is 2.00. The van der Waals surface area contributed by atoms with E-state index in [9.17, 15) is 9.50 Å². The van der Waals surface area contributed by atoms with Gasteiger partial charge in [-0.3, -0.25) is 0 Å². The highest BCUT2D eigenvalue weighted by Gasteiger charge is 2.16. The van der Waals surface area contributed by atoms with Crippen LogP contribution in [0.15, 0.2) is 36.7 Å². The van der Waals surface area contributed by atoms with Gasteiger partial charge in [0.15, 0.2) is 5.82 Å². The van der Waals surface area contributed by atoms with Crippen LogP contribution in [0.1, 0.15) is 5.69 Å². The van der Waals surface area contributed by atoms with Gasteiger partial charge in [-0.2, -0.15) is 5.10 Å². The molecular weight excluding hydrogens is 233 g/mol. The summed E-state index contributed by atoms with van der Waals surface area (Å²) in [6.07, 6.45) is 3.23. The summed E-state index contributed by atoms with van der Waals surface area (Å²) in [5, 5.41) is 14.0. The minimum absolute atomic E-state index is 0.0264. The van der Waals surface area contributed by atoms with Crippen LogP contribution in [0.25, 0.3) is 16.6 Å². The van der Waals surface area contributed by atoms with Crippen LogP contribution >= 0.6 is 0 Å². The van der Waals surface area contributed by atoms with E-state index in [1.165, 1.54) is 10.7 Å². The standard InChI is InChI=1S/C13H10FN3O/c1-8-13(17-7-3-6-15-17)11(14)9-4-2-5-10(18)12(9)16-8/h2-7,18H,1H3. The first kappa shape index (κ1) is 10.7. The van der Waals surface area contributed by atoms with Crippen LogP contribution in [-0.2, 0) is 0 Å². The molecule has 0 aliphatic heterocycles. The van der Waals surface area contributed by atoms with Crippen LogP contribution in [0.2, 0.25) is 0 Å². The highest BCUT2D eigenvalue weighted by atomic mass is 19.1. The van der Waals surface area contributed by atoms with Crippen molar-refractivity contribution in [2.45, 2.75) is 6.92 Å². The van der Waals surface area contributed by atoms with E-state index < -0.39 is 5.82 Å². The highest BCUT2D eigenvalue weighted by molar-refractivity contribution is 5.86. The van der Waals surface area contributed by atoms with Crippen molar-refractivity contribution < 1.29 is 9.50 Å². The largest absolute Gasteiger partial charge is 0.506 e. The monoisotopic (exact) mass is 243 g/mol. The normalized spacial score (nSPS) is 11.0. The molecule has 0 atom stereocenters. The fourth-order valence-electron chi connectivity index (χ4n) is 2.00. The molecule has 0 saturated heterocycles. The van der Waals surface area contributed by atoms with Crippen LogP contribution in [0.5, 0.6) is 5.75 Å². The summed E-state index contributed by atoms with van der Waals surface area (Å²) in [4.78, 5) is 4.24. The summed E-state index contributed by atoms with van der Waals surface area (Å²) in [7, 11) is 0. The smallest absolute Gasteiger partial charge is 0.160 e. The predicted molar refractivity (Wildman–Crippen MR) is 65.2 cm³/mol. The third-order valence-electron chi connectivity index (χ3n) is 2.81. The van der Waals surface area contributed by atoms with Crippen LogP contribution < -0.4 is 0 Å². The lowest BCUT2D eigenvalue weighted by Crippen LogP contribution is -2.04. The Bertz CT molecular complexity index is 723. The molecule has 0 spiro atoms. The quantitative estimate of drug-likeness (QED) is 0.714. The number of benzene rings is 1. The van der Waals surface area contributed by atoms with E-state index in [2.05, 4.69) is 10.1 Å². The van der Waals surface area contributed by atoms with Gasteiger partial charge in [0.1, 0.15) is 17.0 Å². The van der Waals surface area contributed by atoms with E-state index in [0.29, 0.717) is 11.4 Å². The molecule has 0 aliphatic carbocycles. The highest BCUT2D eigenvalue weighted by Crippen LogP contribution is 2.29. The fraction of sp³-hybridized carbons (Fsp3) is 0.0769. The van der Waals surface area contributed by atoms with E-state index in [1.807, 2.05) is 0 Å². The first-order chi connectivity index (χ1) is 8.68. The SMILES string of the molecule is Cc1nc2c(O)cccc2c(F)c1-n1cccn1. The van der Waals surface area contributed by atoms with Crippen LogP contribution in [0.3, 0.4) is 0 Å². The number of halogens is 1. The zero-order chi connectivity index (χ0) is 12.7. The van der Waals surface area contributed by atoms with Crippen molar-refractivity contribution in [3.8, 4) is 11.4 Å². The number of aryl methyl sites for hydroxylation is 1. The van der Waals surface area contributed by atoms with Gasteiger partial charge < -0.3 is 5.11 Å². The van der Waals surface area contributed by atoms with E-state index in [-0.39, 0.29) is 16.7 Å². The van der Waals surface area contributed by atoms with E-state index in [4.69, 9.17) is 0 Å². The molecule has 0 fully saturated rings. The van der Waals surface area contributed by atoms with E-state index in [0.717, 1.165) is 0 Å². The van der Waals surface area contributed by atoms with Gasteiger partial charge in [-0.05, 0) is 25.1 Å². The topological polar surface area (TPSA) is 50.9 Å². The molecule has 2 aromatic heterocycles. The van der Waals surface area contributed by atoms with Crippen molar-refractivity contribution in [3.05, 3.63) is 48.2 Å². The lowest BCUT2D eigenvalue weighted by atomic mass is 10.1. The number of hydrogen-bond donors (Lipinski definition) is 1. The maximum Gasteiger partial charge on any atom is 0.160 e. The summed E-state index contributed by atoms with van der Waals surface area (Å²) in [5.41, 5.74) is 1.05. The van der Waals surface area contributed by atoms with Gasteiger partial charge in [0.2, 0.25) is 0 Å².